The van der Waals surface area contributed by atoms with E-state index in [1.807, 2.05) is 0 Å². The highest BCUT2D eigenvalue weighted by atomic mass is 16.5. The Morgan fingerprint density at radius 2 is 2.29 bits per heavy atom. The Kier molecular flexibility index (Phi) is 4.87. The number of ether oxygens (including phenoxy) is 1. The molecule has 0 saturated carbocycles. The van der Waals surface area contributed by atoms with Crippen LogP contribution >= 0.6 is 0 Å². The fourth-order valence-electron chi connectivity index (χ4n) is 1.06. The normalized spacial score (nSPS) is 10.8. The smallest absolute Gasteiger partial charge is 0.335 e. The van der Waals surface area contributed by atoms with Gasteiger partial charge in [0.05, 0.1) is 17.7 Å². The lowest BCUT2D eigenvalue weighted by atomic mass is 10.2. The number of hydrogen-bond donors (Lipinski definition) is 1. The third kappa shape index (κ3) is 4.06. The molecule has 0 unspecified atom stereocenters. The number of nitrogens with one attached hydrogen (secondary N) is 1. The molecule has 1 rings (SSSR count). The molecule has 17 heavy (non-hydrogen) atoms. The number of carbonyl (C=O) groups excluding carboxylic acids is 2. The summed E-state index contributed by atoms with van der Waals surface area (Å²) < 4.78 is 4.77. The van der Waals surface area contributed by atoms with Gasteiger partial charge in [0.1, 0.15) is 0 Å². The van der Waals surface area contributed by atoms with E-state index in [0.717, 1.165) is 0 Å². The van der Waals surface area contributed by atoms with Crippen molar-refractivity contribution < 1.29 is 14.3 Å². The lowest BCUT2D eigenvalue weighted by molar-refractivity contribution is -0.138. The molecule has 1 amide bonds. The van der Waals surface area contributed by atoms with Crippen LogP contribution in [-0.4, -0.2) is 23.5 Å². The third-order valence-corrected chi connectivity index (χ3v) is 1.94. The first kappa shape index (κ1) is 12.9. The van der Waals surface area contributed by atoms with Crippen molar-refractivity contribution in [2.24, 2.45) is 0 Å². The number of amides is 1. The zero-order valence-corrected chi connectivity index (χ0v) is 9.77. The van der Waals surface area contributed by atoms with E-state index >= 15 is 0 Å². The first-order chi connectivity index (χ1) is 8.15. The molecule has 0 spiro atoms. The maximum atomic E-state index is 11.6. The van der Waals surface area contributed by atoms with Crippen molar-refractivity contribution >= 4 is 11.9 Å². The minimum absolute atomic E-state index is 0.306. The lowest BCUT2D eigenvalue weighted by Crippen LogP contribution is -2.19. The Bertz CT molecular complexity index is 427. The van der Waals surface area contributed by atoms with Crippen LogP contribution in [0.3, 0.4) is 0 Å². The Hall–Kier alpha value is -2.17. The van der Waals surface area contributed by atoms with Crippen LogP contribution in [0.2, 0.25) is 0 Å². The number of pyridine rings is 1. The van der Waals surface area contributed by atoms with E-state index in [9.17, 15) is 9.59 Å². The standard InChI is InChI=1S/C12H14N2O3/c1-3-17-12(16)9(2)7-14-11(15)10-5-4-6-13-8-10/h4-8H,3H2,1-2H3,(H,14,15)/b9-7+. The topological polar surface area (TPSA) is 68.3 Å². The summed E-state index contributed by atoms with van der Waals surface area (Å²) >= 11 is 0. The third-order valence-electron chi connectivity index (χ3n) is 1.94. The van der Waals surface area contributed by atoms with E-state index < -0.39 is 5.97 Å². The first-order valence-electron chi connectivity index (χ1n) is 5.20. The van der Waals surface area contributed by atoms with Crippen LogP contribution in [0.4, 0.5) is 0 Å². The van der Waals surface area contributed by atoms with Crippen LogP contribution in [-0.2, 0) is 9.53 Å². The molecule has 0 atom stereocenters. The van der Waals surface area contributed by atoms with Crippen LogP contribution < -0.4 is 5.32 Å². The summed E-state index contributed by atoms with van der Waals surface area (Å²) in [5.74, 6) is -0.763. The molecule has 0 aliphatic carbocycles. The maximum Gasteiger partial charge on any atom is 0.335 e. The van der Waals surface area contributed by atoms with Crippen molar-refractivity contribution in [2.45, 2.75) is 13.8 Å². The van der Waals surface area contributed by atoms with Gasteiger partial charge in [0.25, 0.3) is 5.91 Å². The van der Waals surface area contributed by atoms with Crippen molar-refractivity contribution in [1.29, 1.82) is 0 Å². The van der Waals surface area contributed by atoms with Gasteiger partial charge in [-0.05, 0) is 26.0 Å². The average Bonchev–Trinajstić information content (AvgIpc) is 2.36. The predicted octanol–water partition coefficient (Wildman–Crippen LogP) is 1.28. The van der Waals surface area contributed by atoms with Gasteiger partial charge in [0.2, 0.25) is 0 Å². The highest BCUT2D eigenvalue weighted by Gasteiger charge is 2.06. The van der Waals surface area contributed by atoms with Gasteiger partial charge < -0.3 is 10.1 Å². The maximum absolute atomic E-state index is 11.6. The number of hydrogen-bond acceptors (Lipinski definition) is 4. The highest BCUT2D eigenvalue weighted by Crippen LogP contribution is 1.98. The summed E-state index contributed by atoms with van der Waals surface area (Å²) in [6, 6.07) is 3.30. The molecule has 5 heteroatoms. The van der Waals surface area contributed by atoms with Crippen LogP contribution in [0, 0.1) is 0 Å². The molecule has 0 aliphatic heterocycles. The average molecular weight is 234 g/mol. The molecule has 0 aliphatic rings. The molecule has 0 fully saturated rings. The molecule has 0 radical (unpaired) electrons. The highest BCUT2D eigenvalue weighted by molar-refractivity contribution is 5.95. The summed E-state index contributed by atoms with van der Waals surface area (Å²) in [6.45, 7) is 3.60. The van der Waals surface area contributed by atoms with Crippen LogP contribution in [0.5, 0.6) is 0 Å². The lowest BCUT2D eigenvalue weighted by Gasteiger charge is -2.03. The summed E-state index contributed by atoms with van der Waals surface area (Å²) in [5, 5.41) is 2.50. The Balaban J connectivity index is 2.59. The summed E-state index contributed by atoms with van der Waals surface area (Å²) in [7, 11) is 0. The van der Waals surface area contributed by atoms with E-state index in [1.54, 1.807) is 32.2 Å². The molecule has 0 bridgehead atoms. The van der Waals surface area contributed by atoms with Gasteiger partial charge in [0.15, 0.2) is 0 Å². The van der Waals surface area contributed by atoms with Crippen molar-refractivity contribution in [3.63, 3.8) is 0 Å². The summed E-state index contributed by atoms with van der Waals surface area (Å²) in [6.07, 6.45) is 4.35. The first-order valence-corrected chi connectivity index (χ1v) is 5.20. The van der Waals surface area contributed by atoms with Gasteiger partial charge in [0, 0.05) is 18.6 Å². The monoisotopic (exact) mass is 234 g/mol. The predicted molar refractivity (Wildman–Crippen MR) is 62.1 cm³/mol. The van der Waals surface area contributed by atoms with Crippen molar-refractivity contribution in [1.82, 2.24) is 10.3 Å². The molecule has 5 nitrogen and oxygen atoms in total. The van der Waals surface area contributed by atoms with Crippen molar-refractivity contribution in [3.8, 4) is 0 Å². The summed E-state index contributed by atoms with van der Waals surface area (Å²) in [4.78, 5) is 26.6. The van der Waals surface area contributed by atoms with E-state index in [-0.39, 0.29) is 5.91 Å². The van der Waals surface area contributed by atoms with Gasteiger partial charge in [-0.3, -0.25) is 9.78 Å². The fourth-order valence-corrected chi connectivity index (χ4v) is 1.06. The second kappa shape index (κ2) is 6.42. The Morgan fingerprint density at radius 1 is 1.53 bits per heavy atom. The number of nitrogens with zero attached hydrogens (tertiary/aromatic N) is 1. The van der Waals surface area contributed by atoms with Gasteiger partial charge in [-0.25, -0.2) is 4.79 Å². The fraction of sp³-hybridized carbons (Fsp3) is 0.250. The quantitative estimate of drug-likeness (QED) is 0.629. The van der Waals surface area contributed by atoms with Crippen LogP contribution in [0.1, 0.15) is 24.2 Å². The Labute approximate surface area is 99.5 Å². The zero-order valence-electron chi connectivity index (χ0n) is 9.77. The minimum atomic E-state index is -0.445. The second-order valence-electron chi connectivity index (χ2n) is 3.26. The van der Waals surface area contributed by atoms with E-state index in [0.29, 0.717) is 17.7 Å². The molecule has 0 aromatic carbocycles. The molecule has 90 valence electrons. The number of aromatic nitrogens is 1. The van der Waals surface area contributed by atoms with Gasteiger partial charge >= 0.3 is 5.97 Å². The van der Waals surface area contributed by atoms with Crippen LogP contribution in [0.25, 0.3) is 0 Å². The molecule has 1 N–H and O–H groups in total. The molecule has 0 saturated heterocycles. The Morgan fingerprint density at radius 3 is 2.88 bits per heavy atom. The summed E-state index contributed by atoms with van der Waals surface area (Å²) in [5.41, 5.74) is 0.768. The molecule has 1 heterocycles. The molecule has 1 aromatic rings. The van der Waals surface area contributed by atoms with Gasteiger partial charge in [-0.15, -0.1) is 0 Å². The van der Waals surface area contributed by atoms with Crippen LogP contribution in [0.15, 0.2) is 36.3 Å². The molecular formula is C12H14N2O3. The van der Waals surface area contributed by atoms with Crippen molar-refractivity contribution in [2.75, 3.05) is 6.61 Å². The largest absolute Gasteiger partial charge is 0.463 e. The molecular weight excluding hydrogens is 220 g/mol. The second-order valence-corrected chi connectivity index (χ2v) is 3.26. The van der Waals surface area contributed by atoms with Gasteiger partial charge in [-0.2, -0.15) is 0 Å². The number of carbonyl (C=O) groups is 2. The SMILES string of the molecule is CCOC(=O)/C(C)=C/NC(=O)c1cccnc1. The number of esters is 1. The van der Waals surface area contributed by atoms with E-state index in [1.165, 1.54) is 12.4 Å². The van der Waals surface area contributed by atoms with Gasteiger partial charge in [-0.1, -0.05) is 0 Å². The van der Waals surface area contributed by atoms with Crippen molar-refractivity contribution in [3.05, 3.63) is 41.9 Å². The zero-order chi connectivity index (χ0) is 12.7. The van der Waals surface area contributed by atoms with E-state index in [4.69, 9.17) is 4.74 Å². The molecule has 1 aromatic heterocycles. The number of rotatable bonds is 4. The van der Waals surface area contributed by atoms with E-state index in [2.05, 4.69) is 10.3 Å². The minimum Gasteiger partial charge on any atom is -0.463 e.